The zero-order valence-electron chi connectivity index (χ0n) is 7.92. The molecule has 2 nitrogen and oxygen atoms in total. The number of carboxylic acids is 1. The van der Waals surface area contributed by atoms with Crippen LogP contribution >= 0.6 is 0 Å². The Bertz CT molecular complexity index is 220. The molecule has 12 heavy (non-hydrogen) atoms. The molecule has 0 saturated carbocycles. The molecule has 0 radical (unpaired) electrons. The molecule has 1 N–H and O–H groups in total. The highest BCUT2D eigenvalue weighted by atomic mass is 16.4. The van der Waals surface area contributed by atoms with Crippen molar-refractivity contribution in [1.29, 1.82) is 0 Å². The zero-order chi connectivity index (χ0) is 9.35. The summed E-state index contributed by atoms with van der Waals surface area (Å²) >= 11 is 0. The van der Waals surface area contributed by atoms with Gasteiger partial charge >= 0.3 is 5.97 Å². The summed E-state index contributed by atoms with van der Waals surface area (Å²) in [5, 5.41) is 8.73. The number of carbonyl (C=O) groups is 1. The van der Waals surface area contributed by atoms with Gasteiger partial charge < -0.3 is 5.11 Å². The predicted octanol–water partition coefficient (Wildman–Crippen LogP) is 2.45. The van der Waals surface area contributed by atoms with Crippen molar-refractivity contribution in [3.8, 4) is 0 Å². The quantitative estimate of drug-likeness (QED) is 0.653. The highest BCUT2D eigenvalue weighted by molar-refractivity contribution is 5.87. The Hall–Kier alpha value is -0.790. The maximum atomic E-state index is 10.6. The Balaban J connectivity index is 2.71. The van der Waals surface area contributed by atoms with E-state index in [9.17, 15) is 4.79 Å². The lowest BCUT2D eigenvalue weighted by Crippen LogP contribution is -2.15. The van der Waals surface area contributed by atoms with Crippen LogP contribution in [0.2, 0.25) is 0 Å². The van der Waals surface area contributed by atoms with Gasteiger partial charge in [0.15, 0.2) is 0 Å². The van der Waals surface area contributed by atoms with Crippen LogP contribution in [0.1, 0.15) is 33.6 Å². The van der Waals surface area contributed by atoms with Crippen molar-refractivity contribution in [3.63, 3.8) is 0 Å². The minimum absolute atomic E-state index is 0.206. The summed E-state index contributed by atoms with van der Waals surface area (Å²) in [6.07, 6.45) is 3.64. The Morgan fingerprint density at radius 3 is 2.42 bits per heavy atom. The fraction of sp³-hybridized carbons (Fsp3) is 0.700. The summed E-state index contributed by atoms with van der Waals surface area (Å²) in [4.78, 5) is 10.6. The van der Waals surface area contributed by atoms with Crippen molar-refractivity contribution in [2.75, 3.05) is 0 Å². The van der Waals surface area contributed by atoms with Crippen molar-refractivity contribution in [3.05, 3.63) is 11.6 Å². The van der Waals surface area contributed by atoms with Gasteiger partial charge in [-0.15, -0.1) is 0 Å². The van der Waals surface area contributed by atoms with E-state index >= 15 is 0 Å². The first-order valence-corrected chi connectivity index (χ1v) is 4.35. The number of hydrogen-bond donors (Lipinski definition) is 1. The fourth-order valence-corrected chi connectivity index (χ4v) is 1.58. The van der Waals surface area contributed by atoms with Gasteiger partial charge in [0.2, 0.25) is 0 Å². The van der Waals surface area contributed by atoms with Crippen LogP contribution < -0.4 is 0 Å². The van der Waals surface area contributed by atoms with Gasteiger partial charge in [0, 0.05) is 5.57 Å². The predicted molar refractivity (Wildman–Crippen MR) is 47.9 cm³/mol. The highest BCUT2D eigenvalue weighted by Crippen LogP contribution is 2.37. The second kappa shape index (κ2) is 2.92. The normalized spacial score (nSPS) is 23.9. The van der Waals surface area contributed by atoms with Gasteiger partial charge in [0.25, 0.3) is 0 Å². The van der Waals surface area contributed by atoms with Crippen molar-refractivity contribution >= 4 is 5.97 Å². The molecule has 68 valence electrons. The first kappa shape index (κ1) is 9.30. The summed E-state index contributed by atoms with van der Waals surface area (Å²) in [7, 11) is 0. The lowest BCUT2D eigenvalue weighted by molar-refractivity contribution is -0.132. The van der Waals surface area contributed by atoms with E-state index in [-0.39, 0.29) is 5.41 Å². The minimum Gasteiger partial charge on any atom is -0.478 e. The molecule has 1 unspecified atom stereocenters. The van der Waals surface area contributed by atoms with Crippen LogP contribution in [0.4, 0.5) is 0 Å². The Morgan fingerprint density at radius 1 is 1.58 bits per heavy atom. The molecule has 0 bridgehead atoms. The summed E-state index contributed by atoms with van der Waals surface area (Å²) in [5.74, 6) is -0.314. The number of aliphatic carboxylic acids is 1. The lowest BCUT2D eigenvalue weighted by Gasteiger charge is -2.24. The number of allylic oxidation sites excluding steroid dienone is 1. The molecule has 1 rings (SSSR count). The molecule has 0 fully saturated rings. The Morgan fingerprint density at radius 2 is 2.17 bits per heavy atom. The molecule has 0 saturated heterocycles. The molecule has 0 aliphatic heterocycles. The zero-order valence-corrected chi connectivity index (χ0v) is 7.92. The number of hydrogen-bond acceptors (Lipinski definition) is 1. The van der Waals surface area contributed by atoms with Crippen LogP contribution in [0, 0.1) is 11.3 Å². The second-order valence-electron chi connectivity index (χ2n) is 4.51. The molecule has 0 amide bonds. The summed E-state index contributed by atoms with van der Waals surface area (Å²) < 4.78 is 0. The van der Waals surface area contributed by atoms with Crippen LogP contribution in [0.3, 0.4) is 0 Å². The Kier molecular flexibility index (Phi) is 2.27. The number of rotatable bonds is 1. The lowest BCUT2D eigenvalue weighted by atomic mass is 9.81. The standard InChI is InChI=1S/C10H16O2/c1-10(2,3)8-5-4-7(6-8)9(11)12/h6,8H,4-5H2,1-3H3,(H,11,12). The summed E-state index contributed by atoms with van der Waals surface area (Å²) in [5.41, 5.74) is 0.798. The summed E-state index contributed by atoms with van der Waals surface area (Å²) in [6.45, 7) is 6.46. The molecule has 2 heteroatoms. The molecular weight excluding hydrogens is 152 g/mol. The van der Waals surface area contributed by atoms with Crippen molar-refractivity contribution in [1.82, 2.24) is 0 Å². The van der Waals surface area contributed by atoms with Crippen molar-refractivity contribution in [2.24, 2.45) is 11.3 Å². The van der Waals surface area contributed by atoms with Crippen LogP contribution in [-0.4, -0.2) is 11.1 Å². The SMILES string of the molecule is CC(C)(C)C1C=C(C(=O)O)CC1. The van der Waals surface area contributed by atoms with E-state index in [0.29, 0.717) is 11.5 Å². The molecule has 0 aromatic carbocycles. The van der Waals surface area contributed by atoms with Crippen LogP contribution in [0.25, 0.3) is 0 Å². The third-order valence-electron chi connectivity index (χ3n) is 2.51. The van der Waals surface area contributed by atoms with Crippen LogP contribution in [0.15, 0.2) is 11.6 Å². The molecule has 1 aliphatic rings. The third kappa shape index (κ3) is 1.87. The van der Waals surface area contributed by atoms with Gasteiger partial charge in [-0.1, -0.05) is 26.8 Å². The highest BCUT2D eigenvalue weighted by Gasteiger charge is 2.28. The molecule has 1 aliphatic carbocycles. The van der Waals surface area contributed by atoms with E-state index in [1.165, 1.54) is 0 Å². The average molecular weight is 168 g/mol. The molecular formula is C10H16O2. The topological polar surface area (TPSA) is 37.3 Å². The maximum absolute atomic E-state index is 10.6. The third-order valence-corrected chi connectivity index (χ3v) is 2.51. The van der Waals surface area contributed by atoms with E-state index in [2.05, 4.69) is 20.8 Å². The molecule has 0 spiro atoms. The van der Waals surface area contributed by atoms with Crippen LogP contribution in [-0.2, 0) is 4.79 Å². The second-order valence-corrected chi connectivity index (χ2v) is 4.51. The van der Waals surface area contributed by atoms with E-state index in [0.717, 1.165) is 12.8 Å². The van der Waals surface area contributed by atoms with Gasteiger partial charge in [-0.3, -0.25) is 0 Å². The largest absolute Gasteiger partial charge is 0.478 e. The van der Waals surface area contributed by atoms with Gasteiger partial charge in [-0.25, -0.2) is 4.79 Å². The maximum Gasteiger partial charge on any atom is 0.331 e. The number of carboxylic acid groups (broad SMARTS) is 1. The first-order valence-electron chi connectivity index (χ1n) is 4.35. The van der Waals surface area contributed by atoms with Gasteiger partial charge in [0.1, 0.15) is 0 Å². The Labute approximate surface area is 73.3 Å². The summed E-state index contributed by atoms with van der Waals surface area (Å²) in [6, 6.07) is 0. The van der Waals surface area contributed by atoms with Crippen molar-refractivity contribution in [2.45, 2.75) is 33.6 Å². The van der Waals surface area contributed by atoms with E-state index in [1.54, 1.807) is 0 Å². The van der Waals surface area contributed by atoms with Gasteiger partial charge in [-0.2, -0.15) is 0 Å². The minimum atomic E-state index is -0.748. The molecule has 0 heterocycles. The average Bonchev–Trinajstić information content (AvgIpc) is 2.30. The van der Waals surface area contributed by atoms with E-state index in [4.69, 9.17) is 5.11 Å². The first-order chi connectivity index (χ1) is 5.41. The van der Waals surface area contributed by atoms with E-state index < -0.39 is 5.97 Å². The smallest absolute Gasteiger partial charge is 0.331 e. The molecule has 0 aromatic rings. The molecule has 1 atom stereocenters. The van der Waals surface area contributed by atoms with Gasteiger partial charge in [0.05, 0.1) is 0 Å². The monoisotopic (exact) mass is 168 g/mol. The van der Waals surface area contributed by atoms with Gasteiger partial charge in [-0.05, 0) is 24.2 Å². The molecule has 0 aromatic heterocycles. The van der Waals surface area contributed by atoms with E-state index in [1.807, 2.05) is 6.08 Å². The van der Waals surface area contributed by atoms with Crippen molar-refractivity contribution < 1.29 is 9.90 Å². The van der Waals surface area contributed by atoms with Crippen LogP contribution in [0.5, 0.6) is 0 Å². The fourth-order valence-electron chi connectivity index (χ4n) is 1.58.